The van der Waals surface area contributed by atoms with Crippen molar-refractivity contribution in [2.75, 3.05) is 0 Å². The Balaban J connectivity index is 1.02. The van der Waals surface area contributed by atoms with E-state index in [0.29, 0.717) is 17.5 Å². The van der Waals surface area contributed by atoms with Gasteiger partial charge in [-0.1, -0.05) is 170 Å². The van der Waals surface area contributed by atoms with Gasteiger partial charge in [-0.2, -0.15) is 0 Å². The van der Waals surface area contributed by atoms with Gasteiger partial charge in [0.25, 0.3) is 0 Å². The molecule has 4 heteroatoms. The average molecular weight is 763 g/mol. The second-order valence-electron chi connectivity index (χ2n) is 15.9. The van der Waals surface area contributed by atoms with Gasteiger partial charge >= 0.3 is 0 Å². The number of benzene rings is 9. The van der Waals surface area contributed by atoms with Crippen LogP contribution in [0.25, 0.3) is 94.7 Å². The van der Waals surface area contributed by atoms with Crippen LogP contribution in [0.2, 0.25) is 0 Å². The van der Waals surface area contributed by atoms with E-state index in [1.807, 2.05) is 60.7 Å². The van der Waals surface area contributed by atoms with Crippen molar-refractivity contribution in [1.82, 2.24) is 19.5 Å². The summed E-state index contributed by atoms with van der Waals surface area (Å²) < 4.78 is 2.45. The zero-order valence-corrected chi connectivity index (χ0v) is 32.4. The molecule has 0 N–H and O–H groups in total. The normalized spacial score (nSPS) is 13.1. The first-order valence-electron chi connectivity index (χ1n) is 20.5. The number of hydrogen-bond donors (Lipinski definition) is 0. The van der Waals surface area contributed by atoms with Crippen LogP contribution in [0.15, 0.2) is 206 Å². The van der Waals surface area contributed by atoms with Crippen molar-refractivity contribution in [3.8, 4) is 62.1 Å². The fourth-order valence-electron chi connectivity index (χ4n) is 10.3. The first kappa shape index (κ1) is 33.1. The first-order valence-corrected chi connectivity index (χ1v) is 20.5. The molecule has 0 saturated heterocycles. The lowest BCUT2D eigenvalue weighted by Crippen LogP contribution is -2.25. The largest absolute Gasteiger partial charge is 0.309 e. The van der Waals surface area contributed by atoms with Crippen LogP contribution in [0.5, 0.6) is 0 Å². The highest BCUT2D eigenvalue weighted by molar-refractivity contribution is 6.12. The summed E-state index contributed by atoms with van der Waals surface area (Å²) in [4.78, 5) is 15.0. The van der Waals surface area contributed by atoms with Gasteiger partial charge in [0.1, 0.15) is 0 Å². The SMILES string of the molecule is c1ccc(-c2nc(-c3ccccc3)nc(-c3ccc4ccc(-n5c6ccccc6c6cc7c(cc65)-c5ccccc5C75c6ccccc6-c6ccccc65)cc4c3)n2)cc1. The molecule has 278 valence electrons. The number of para-hydroxylation sites is 1. The molecule has 60 heavy (non-hydrogen) atoms. The summed E-state index contributed by atoms with van der Waals surface area (Å²) in [5.74, 6) is 1.95. The molecule has 2 aliphatic rings. The maximum atomic E-state index is 5.04. The number of fused-ring (bicyclic) bond motifs is 14. The predicted molar refractivity (Wildman–Crippen MR) is 244 cm³/mol. The second kappa shape index (κ2) is 12.5. The van der Waals surface area contributed by atoms with E-state index in [0.717, 1.165) is 33.2 Å². The highest BCUT2D eigenvalue weighted by Crippen LogP contribution is 2.63. The van der Waals surface area contributed by atoms with E-state index in [-0.39, 0.29) is 0 Å². The average Bonchev–Trinajstić information content (AvgIpc) is 3.92. The van der Waals surface area contributed by atoms with Crippen molar-refractivity contribution < 1.29 is 0 Å². The fraction of sp³-hybridized carbons (Fsp3) is 0.0179. The van der Waals surface area contributed by atoms with Crippen LogP contribution in [0.3, 0.4) is 0 Å². The number of rotatable bonds is 4. The van der Waals surface area contributed by atoms with E-state index in [9.17, 15) is 0 Å². The maximum absolute atomic E-state index is 5.04. The van der Waals surface area contributed by atoms with Gasteiger partial charge in [-0.25, -0.2) is 15.0 Å². The molecule has 0 aliphatic heterocycles. The summed E-state index contributed by atoms with van der Waals surface area (Å²) in [5, 5.41) is 4.75. The molecule has 0 atom stereocenters. The van der Waals surface area contributed by atoms with Crippen molar-refractivity contribution in [3.63, 3.8) is 0 Å². The highest BCUT2D eigenvalue weighted by Gasteiger charge is 2.51. The van der Waals surface area contributed by atoms with Gasteiger partial charge in [0, 0.05) is 33.2 Å². The van der Waals surface area contributed by atoms with Crippen LogP contribution in [0.1, 0.15) is 22.3 Å². The summed E-state index contributed by atoms with van der Waals surface area (Å²) in [6, 6.07) is 74.5. The number of hydrogen-bond acceptors (Lipinski definition) is 3. The third-order valence-corrected chi connectivity index (χ3v) is 12.8. The molecule has 0 radical (unpaired) electrons. The summed E-state index contributed by atoms with van der Waals surface area (Å²) in [6.07, 6.45) is 0. The maximum Gasteiger partial charge on any atom is 0.164 e. The molecule has 2 heterocycles. The van der Waals surface area contributed by atoms with Crippen molar-refractivity contribution in [3.05, 3.63) is 229 Å². The quantitative estimate of drug-likeness (QED) is 0.179. The summed E-state index contributed by atoms with van der Waals surface area (Å²) in [7, 11) is 0. The van der Waals surface area contributed by atoms with Crippen LogP contribution in [-0.2, 0) is 5.41 Å². The predicted octanol–water partition coefficient (Wildman–Crippen LogP) is 13.5. The molecule has 4 nitrogen and oxygen atoms in total. The monoisotopic (exact) mass is 762 g/mol. The highest BCUT2D eigenvalue weighted by atomic mass is 15.0. The third-order valence-electron chi connectivity index (χ3n) is 12.8. The molecule has 0 amide bonds. The number of nitrogens with zero attached hydrogens (tertiary/aromatic N) is 4. The minimum absolute atomic E-state index is 0.397. The Labute approximate surface area is 346 Å². The minimum Gasteiger partial charge on any atom is -0.309 e. The third kappa shape index (κ3) is 4.59. The fourth-order valence-corrected chi connectivity index (χ4v) is 10.3. The van der Waals surface area contributed by atoms with Crippen LogP contribution in [-0.4, -0.2) is 19.5 Å². The minimum atomic E-state index is -0.397. The van der Waals surface area contributed by atoms with Crippen LogP contribution in [0, 0.1) is 0 Å². The van der Waals surface area contributed by atoms with Crippen molar-refractivity contribution >= 4 is 32.6 Å². The van der Waals surface area contributed by atoms with E-state index >= 15 is 0 Å². The van der Waals surface area contributed by atoms with Crippen LogP contribution < -0.4 is 0 Å². The van der Waals surface area contributed by atoms with Gasteiger partial charge in [0.15, 0.2) is 17.5 Å². The lowest BCUT2D eigenvalue weighted by Gasteiger charge is -2.30. The summed E-state index contributed by atoms with van der Waals surface area (Å²) in [6.45, 7) is 0. The van der Waals surface area contributed by atoms with Gasteiger partial charge in [-0.3, -0.25) is 0 Å². The molecule has 9 aromatic carbocycles. The number of aromatic nitrogens is 4. The Bertz CT molecular complexity index is 3440. The molecule has 13 rings (SSSR count). The van der Waals surface area contributed by atoms with E-state index in [2.05, 4.69) is 150 Å². The Morgan fingerprint density at radius 1 is 0.317 bits per heavy atom. The molecular weight excluding hydrogens is 729 g/mol. The molecular formula is C56H34N4. The molecule has 0 bridgehead atoms. The second-order valence-corrected chi connectivity index (χ2v) is 15.9. The lowest BCUT2D eigenvalue weighted by molar-refractivity contribution is 0.795. The zero-order valence-electron chi connectivity index (χ0n) is 32.4. The van der Waals surface area contributed by atoms with E-state index < -0.39 is 5.41 Å². The van der Waals surface area contributed by atoms with Gasteiger partial charge in [-0.05, 0) is 91.7 Å². The molecule has 1 spiro atoms. The molecule has 11 aromatic rings. The van der Waals surface area contributed by atoms with E-state index in [1.165, 1.54) is 66.3 Å². The molecule has 0 unspecified atom stereocenters. The van der Waals surface area contributed by atoms with Crippen LogP contribution in [0.4, 0.5) is 0 Å². The Morgan fingerprint density at radius 3 is 1.47 bits per heavy atom. The Morgan fingerprint density at radius 2 is 0.833 bits per heavy atom. The van der Waals surface area contributed by atoms with Crippen molar-refractivity contribution in [1.29, 1.82) is 0 Å². The van der Waals surface area contributed by atoms with Crippen molar-refractivity contribution in [2.45, 2.75) is 5.41 Å². The summed E-state index contributed by atoms with van der Waals surface area (Å²) in [5.41, 5.74) is 16.6. The lowest BCUT2D eigenvalue weighted by atomic mass is 9.70. The Kier molecular flexibility index (Phi) is 6.90. The van der Waals surface area contributed by atoms with E-state index in [1.54, 1.807) is 0 Å². The zero-order chi connectivity index (χ0) is 39.4. The van der Waals surface area contributed by atoms with E-state index in [4.69, 9.17) is 15.0 Å². The summed E-state index contributed by atoms with van der Waals surface area (Å²) >= 11 is 0. The molecule has 2 aromatic heterocycles. The van der Waals surface area contributed by atoms with Gasteiger partial charge in [0.2, 0.25) is 0 Å². The molecule has 0 saturated carbocycles. The first-order chi connectivity index (χ1) is 29.7. The smallest absolute Gasteiger partial charge is 0.164 e. The van der Waals surface area contributed by atoms with Gasteiger partial charge in [0.05, 0.1) is 16.4 Å². The Hall–Kier alpha value is -7.95. The van der Waals surface area contributed by atoms with Crippen LogP contribution >= 0.6 is 0 Å². The van der Waals surface area contributed by atoms with Crippen molar-refractivity contribution in [2.24, 2.45) is 0 Å². The topological polar surface area (TPSA) is 43.6 Å². The standard InChI is InChI=1S/C56H34N4/c1-3-15-36(16-4-1)53-57-54(37-17-5-2-6-18-37)59-55(58-53)38-28-27-35-29-30-40(32-39(35)31-38)60-51-26-14-10-22-44(51)46-33-50-45(34-52(46)60)43-21-9-13-25-49(43)56(50)47-23-11-7-19-41(47)42-20-8-12-24-48(42)56/h1-34H. The molecule has 0 fully saturated rings. The molecule has 2 aliphatic carbocycles. The van der Waals surface area contributed by atoms with Gasteiger partial charge in [-0.15, -0.1) is 0 Å². The van der Waals surface area contributed by atoms with Gasteiger partial charge < -0.3 is 4.57 Å².